The number of aliphatic imine (C=N–C) groups is 1. The van der Waals surface area contributed by atoms with Gasteiger partial charge >= 0.3 is 0 Å². The summed E-state index contributed by atoms with van der Waals surface area (Å²) in [5.41, 5.74) is 0.952. The maximum absolute atomic E-state index is 5.83. The van der Waals surface area contributed by atoms with E-state index in [1.807, 2.05) is 18.2 Å². The molecule has 1 heterocycles. The highest BCUT2D eigenvalue weighted by atomic mass is 16.5. The van der Waals surface area contributed by atoms with E-state index in [1.54, 1.807) is 0 Å². The molecule has 0 atom stereocenters. The van der Waals surface area contributed by atoms with Crippen molar-refractivity contribution in [1.29, 1.82) is 0 Å². The van der Waals surface area contributed by atoms with Crippen LogP contribution in [0.25, 0.3) is 0 Å². The quantitative estimate of drug-likeness (QED) is 0.254. The van der Waals surface area contributed by atoms with Crippen molar-refractivity contribution in [2.24, 2.45) is 10.9 Å². The van der Waals surface area contributed by atoms with E-state index in [9.17, 15) is 0 Å². The van der Waals surface area contributed by atoms with Crippen molar-refractivity contribution in [2.75, 3.05) is 64.5 Å². The fraction of sp³-hybridized carbons (Fsp3) is 0.720. The first kappa shape index (κ1) is 24.6. The number of anilines is 1. The normalized spacial score (nSPS) is 16.2. The highest BCUT2D eigenvalue weighted by Crippen LogP contribution is 2.32. The maximum atomic E-state index is 5.83. The van der Waals surface area contributed by atoms with Gasteiger partial charge in [-0.15, -0.1) is 0 Å². The second-order valence-corrected chi connectivity index (χ2v) is 8.60. The molecular formula is C25H42N4O3. The van der Waals surface area contributed by atoms with E-state index in [0.29, 0.717) is 13.2 Å². The van der Waals surface area contributed by atoms with Crippen molar-refractivity contribution in [1.82, 2.24) is 10.2 Å². The number of hydrogen-bond acceptors (Lipinski definition) is 5. The van der Waals surface area contributed by atoms with Gasteiger partial charge in [0.05, 0.1) is 13.2 Å². The summed E-state index contributed by atoms with van der Waals surface area (Å²) in [4.78, 5) is 7.24. The molecule has 1 saturated carbocycles. The lowest BCUT2D eigenvalue weighted by Gasteiger charge is -2.18. The number of unbranched alkanes of at least 4 members (excludes halogenated alkanes) is 1. The minimum absolute atomic E-state index is 0.684. The number of ether oxygens (including phenoxy) is 3. The van der Waals surface area contributed by atoms with E-state index in [1.165, 1.54) is 19.3 Å². The lowest BCUT2D eigenvalue weighted by Crippen LogP contribution is -2.32. The standard InChI is InChI=1S/C25H42N4O3/c1-3-29(4-2)15-6-5-13-26-25(27-14-7-16-30-20-21-9-10-21)28-22-11-12-23-24(19-22)32-18-8-17-31-23/h11-12,19,21H,3-10,13-18,20H2,1-2H3,(H2,26,27,28). The summed E-state index contributed by atoms with van der Waals surface area (Å²) in [5.74, 6) is 3.22. The molecule has 3 rings (SSSR count). The van der Waals surface area contributed by atoms with E-state index in [2.05, 4.69) is 29.4 Å². The van der Waals surface area contributed by atoms with Gasteiger partial charge in [0.2, 0.25) is 0 Å². The van der Waals surface area contributed by atoms with Crippen LogP contribution in [0.4, 0.5) is 5.69 Å². The molecule has 0 unspecified atom stereocenters. The van der Waals surface area contributed by atoms with Crippen molar-refractivity contribution in [3.8, 4) is 11.5 Å². The van der Waals surface area contributed by atoms with Crippen LogP contribution in [-0.4, -0.2) is 70.0 Å². The third-order valence-electron chi connectivity index (χ3n) is 5.87. The van der Waals surface area contributed by atoms with Crippen LogP contribution < -0.4 is 20.1 Å². The van der Waals surface area contributed by atoms with Crippen LogP contribution in [0.2, 0.25) is 0 Å². The Morgan fingerprint density at radius 1 is 1.09 bits per heavy atom. The third-order valence-corrected chi connectivity index (χ3v) is 5.87. The number of rotatable bonds is 14. The van der Waals surface area contributed by atoms with Gasteiger partial charge in [-0.3, -0.25) is 4.99 Å². The zero-order chi connectivity index (χ0) is 22.4. The van der Waals surface area contributed by atoms with Crippen molar-refractivity contribution < 1.29 is 14.2 Å². The maximum Gasteiger partial charge on any atom is 0.195 e. The molecule has 0 amide bonds. The molecule has 2 aliphatic rings. The highest BCUT2D eigenvalue weighted by molar-refractivity contribution is 5.93. The largest absolute Gasteiger partial charge is 0.490 e. The summed E-state index contributed by atoms with van der Waals surface area (Å²) in [5, 5.41) is 6.94. The molecule has 32 heavy (non-hydrogen) atoms. The van der Waals surface area contributed by atoms with Gasteiger partial charge in [0.15, 0.2) is 17.5 Å². The summed E-state index contributed by atoms with van der Waals surface area (Å²) in [6.45, 7) is 12.5. The number of fused-ring (bicyclic) bond motifs is 1. The Kier molecular flexibility index (Phi) is 11.0. The number of guanidine groups is 1. The SMILES string of the molecule is CCN(CC)CCCCNC(=NCCCOCC1CC1)Nc1ccc2c(c1)OCCCO2. The van der Waals surface area contributed by atoms with Gasteiger partial charge in [0.25, 0.3) is 0 Å². The van der Waals surface area contributed by atoms with E-state index in [4.69, 9.17) is 19.2 Å². The van der Waals surface area contributed by atoms with Crippen molar-refractivity contribution in [3.63, 3.8) is 0 Å². The highest BCUT2D eigenvalue weighted by Gasteiger charge is 2.20. The zero-order valence-electron chi connectivity index (χ0n) is 20.0. The van der Waals surface area contributed by atoms with E-state index in [-0.39, 0.29) is 0 Å². The van der Waals surface area contributed by atoms with E-state index >= 15 is 0 Å². The average Bonchev–Trinajstić information content (AvgIpc) is 3.65. The third kappa shape index (κ3) is 9.25. The molecule has 1 aliphatic heterocycles. The van der Waals surface area contributed by atoms with Gasteiger partial charge in [0.1, 0.15) is 0 Å². The van der Waals surface area contributed by atoms with Crippen molar-refractivity contribution in [2.45, 2.75) is 52.4 Å². The topological polar surface area (TPSA) is 67.4 Å². The molecule has 0 saturated heterocycles. The first-order chi connectivity index (χ1) is 15.8. The number of benzene rings is 1. The Morgan fingerprint density at radius 2 is 1.91 bits per heavy atom. The van der Waals surface area contributed by atoms with Crippen LogP contribution in [0.1, 0.15) is 52.4 Å². The monoisotopic (exact) mass is 446 g/mol. The molecule has 1 aromatic carbocycles. The Hall–Kier alpha value is -1.99. The molecule has 0 spiro atoms. The summed E-state index contributed by atoms with van der Waals surface area (Å²) in [6, 6.07) is 5.98. The van der Waals surface area contributed by atoms with Crippen LogP contribution in [0, 0.1) is 5.92 Å². The van der Waals surface area contributed by atoms with Gasteiger partial charge in [-0.05, 0) is 69.8 Å². The van der Waals surface area contributed by atoms with Crippen molar-refractivity contribution in [3.05, 3.63) is 18.2 Å². The molecule has 2 N–H and O–H groups in total. The summed E-state index contributed by atoms with van der Waals surface area (Å²) in [6.07, 6.45) is 6.80. The van der Waals surface area contributed by atoms with Gasteiger partial charge in [-0.1, -0.05) is 13.8 Å². The van der Waals surface area contributed by atoms with Crippen LogP contribution in [0.3, 0.4) is 0 Å². The summed E-state index contributed by atoms with van der Waals surface area (Å²) in [7, 11) is 0. The van der Waals surface area contributed by atoms with E-state index in [0.717, 1.165) is 94.3 Å². The molecule has 1 aliphatic carbocycles. The lowest BCUT2D eigenvalue weighted by atomic mass is 10.2. The zero-order valence-corrected chi connectivity index (χ0v) is 20.0. The average molecular weight is 447 g/mol. The molecule has 0 radical (unpaired) electrons. The number of nitrogens with zero attached hydrogens (tertiary/aromatic N) is 2. The molecule has 1 fully saturated rings. The lowest BCUT2D eigenvalue weighted by molar-refractivity contribution is 0.123. The number of hydrogen-bond donors (Lipinski definition) is 2. The Balaban J connectivity index is 1.48. The second kappa shape index (κ2) is 14.2. The summed E-state index contributed by atoms with van der Waals surface area (Å²) < 4.78 is 17.3. The fourth-order valence-corrected chi connectivity index (χ4v) is 3.62. The van der Waals surface area contributed by atoms with Crippen molar-refractivity contribution >= 4 is 11.6 Å². The second-order valence-electron chi connectivity index (χ2n) is 8.60. The minimum Gasteiger partial charge on any atom is -0.490 e. The van der Waals surface area contributed by atoms with E-state index < -0.39 is 0 Å². The van der Waals surface area contributed by atoms with Crippen LogP contribution in [-0.2, 0) is 4.74 Å². The van der Waals surface area contributed by atoms with Gasteiger partial charge in [0, 0.05) is 44.5 Å². The predicted molar refractivity (Wildman–Crippen MR) is 131 cm³/mol. The van der Waals surface area contributed by atoms with Crippen LogP contribution in [0.5, 0.6) is 11.5 Å². The Bertz CT molecular complexity index is 690. The molecule has 7 nitrogen and oxygen atoms in total. The number of nitrogens with one attached hydrogen (secondary N) is 2. The predicted octanol–water partition coefficient (Wildman–Crippen LogP) is 4.14. The Morgan fingerprint density at radius 3 is 2.69 bits per heavy atom. The van der Waals surface area contributed by atoms with Crippen LogP contribution in [0.15, 0.2) is 23.2 Å². The molecule has 0 aromatic heterocycles. The molecule has 7 heteroatoms. The minimum atomic E-state index is 0.684. The molecule has 0 bridgehead atoms. The molecule has 1 aromatic rings. The first-order valence-electron chi connectivity index (χ1n) is 12.5. The molecular weight excluding hydrogens is 404 g/mol. The Labute approximate surface area is 193 Å². The smallest absolute Gasteiger partial charge is 0.195 e. The van der Waals surface area contributed by atoms with Crippen LogP contribution >= 0.6 is 0 Å². The van der Waals surface area contributed by atoms with Gasteiger partial charge in [-0.25, -0.2) is 0 Å². The van der Waals surface area contributed by atoms with Gasteiger partial charge < -0.3 is 29.7 Å². The molecule has 180 valence electrons. The summed E-state index contributed by atoms with van der Waals surface area (Å²) >= 11 is 0. The fourth-order valence-electron chi connectivity index (χ4n) is 3.62. The van der Waals surface area contributed by atoms with Gasteiger partial charge in [-0.2, -0.15) is 0 Å². The first-order valence-corrected chi connectivity index (χ1v) is 12.5.